The summed E-state index contributed by atoms with van der Waals surface area (Å²) in [5.74, 6) is 0. The zero-order chi connectivity index (χ0) is 12.5. The first-order valence-corrected chi connectivity index (χ1v) is 5.80. The van der Waals surface area contributed by atoms with Crippen LogP contribution in [0.15, 0.2) is 6.20 Å². The van der Waals surface area contributed by atoms with Gasteiger partial charge in [-0.2, -0.15) is 0 Å². The smallest absolute Gasteiger partial charge is 0.148 e. The Hall–Kier alpha value is 0.230. The highest BCUT2D eigenvalue weighted by atomic mass is 35.5. The number of halogens is 4. The third kappa shape index (κ3) is 3.60. The summed E-state index contributed by atoms with van der Waals surface area (Å²) in [7, 11) is 0. The quantitative estimate of drug-likeness (QED) is 0.838. The fraction of sp³-hybridized carbons (Fsp3) is 0.500. The van der Waals surface area contributed by atoms with E-state index in [9.17, 15) is 5.11 Å². The molecule has 0 spiro atoms. The molecule has 7 heteroatoms. The van der Waals surface area contributed by atoms with Gasteiger partial charge in [-0.15, -0.1) is 12.4 Å². The number of pyridine rings is 1. The third-order valence-electron chi connectivity index (χ3n) is 2.53. The van der Waals surface area contributed by atoms with E-state index >= 15 is 0 Å². The minimum Gasteiger partial charge on any atom is -0.396 e. The van der Waals surface area contributed by atoms with Crippen LogP contribution in [0.25, 0.3) is 0 Å². The first-order valence-electron chi connectivity index (χ1n) is 4.67. The summed E-state index contributed by atoms with van der Waals surface area (Å²) in [4.78, 5) is 3.81. The van der Waals surface area contributed by atoms with Gasteiger partial charge >= 0.3 is 0 Å². The van der Waals surface area contributed by atoms with E-state index in [0.717, 1.165) is 0 Å². The normalized spacial score (nSPS) is 13.1. The number of aliphatic hydroxyl groups is 1. The van der Waals surface area contributed by atoms with E-state index in [1.54, 1.807) is 0 Å². The second-order valence-electron chi connectivity index (χ2n) is 4.25. The van der Waals surface area contributed by atoms with Gasteiger partial charge in [-0.05, 0) is 0 Å². The first-order chi connectivity index (χ1) is 7.31. The van der Waals surface area contributed by atoms with E-state index in [1.807, 2.05) is 13.8 Å². The molecule has 1 rings (SSSR count). The van der Waals surface area contributed by atoms with Gasteiger partial charge in [0.2, 0.25) is 0 Å². The molecule has 3 N–H and O–H groups in total. The lowest BCUT2D eigenvalue weighted by molar-refractivity contribution is 0.132. The van der Waals surface area contributed by atoms with Crippen molar-refractivity contribution in [3.8, 4) is 0 Å². The van der Waals surface area contributed by atoms with Crippen molar-refractivity contribution in [2.75, 3.05) is 6.61 Å². The van der Waals surface area contributed by atoms with Crippen LogP contribution in [0, 0.1) is 5.41 Å². The highest BCUT2D eigenvalue weighted by Gasteiger charge is 2.31. The molecular weight excluding hydrogens is 306 g/mol. The minimum absolute atomic E-state index is 0. The Morgan fingerprint density at radius 3 is 2.41 bits per heavy atom. The predicted molar refractivity (Wildman–Crippen MR) is 74.3 cm³/mol. The lowest BCUT2D eigenvalue weighted by Gasteiger charge is -2.30. The van der Waals surface area contributed by atoms with E-state index in [2.05, 4.69) is 4.98 Å². The maximum absolute atomic E-state index is 9.26. The van der Waals surface area contributed by atoms with Crippen molar-refractivity contribution in [3.63, 3.8) is 0 Å². The van der Waals surface area contributed by atoms with E-state index < -0.39 is 11.5 Å². The summed E-state index contributed by atoms with van der Waals surface area (Å²) >= 11 is 17.8. The minimum atomic E-state index is -0.544. The molecular formula is C10H14Cl4N2O. The summed E-state index contributed by atoms with van der Waals surface area (Å²) in [6.45, 7) is 3.55. The Morgan fingerprint density at radius 2 is 1.94 bits per heavy atom. The van der Waals surface area contributed by atoms with Crippen molar-refractivity contribution in [2.24, 2.45) is 11.1 Å². The maximum Gasteiger partial charge on any atom is 0.148 e. The number of rotatable bonds is 3. The van der Waals surface area contributed by atoms with Crippen molar-refractivity contribution < 1.29 is 5.11 Å². The highest BCUT2D eigenvalue weighted by Crippen LogP contribution is 2.40. The van der Waals surface area contributed by atoms with Crippen LogP contribution in [-0.2, 0) is 0 Å². The molecule has 0 aliphatic heterocycles. The van der Waals surface area contributed by atoms with E-state index in [0.29, 0.717) is 10.6 Å². The van der Waals surface area contributed by atoms with Crippen LogP contribution < -0.4 is 5.73 Å². The Kier molecular flexibility index (Phi) is 6.50. The molecule has 1 heterocycles. The van der Waals surface area contributed by atoms with E-state index in [-0.39, 0.29) is 29.2 Å². The Labute approximate surface area is 122 Å². The molecule has 0 aliphatic rings. The van der Waals surface area contributed by atoms with Crippen molar-refractivity contribution in [1.29, 1.82) is 0 Å². The lowest BCUT2D eigenvalue weighted by Crippen LogP contribution is -2.33. The SMILES string of the molecule is CC(C)(CO)[C@H](N)c1c(Cl)cnc(Cl)c1Cl.Cl. The topological polar surface area (TPSA) is 59.1 Å². The lowest BCUT2D eigenvalue weighted by atomic mass is 9.82. The van der Waals surface area contributed by atoms with Crippen LogP contribution in [0.1, 0.15) is 25.5 Å². The van der Waals surface area contributed by atoms with Gasteiger partial charge in [-0.25, -0.2) is 4.98 Å². The molecule has 0 amide bonds. The number of nitrogens with two attached hydrogens (primary N) is 1. The van der Waals surface area contributed by atoms with Gasteiger partial charge in [0.15, 0.2) is 0 Å². The van der Waals surface area contributed by atoms with Gasteiger partial charge in [-0.3, -0.25) is 0 Å². The summed E-state index contributed by atoms with van der Waals surface area (Å²) in [5, 5.41) is 10.0. The summed E-state index contributed by atoms with van der Waals surface area (Å²) in [5.41, 5.74) is 6.01. The average molecular weight is 320 g/mol. The number of aliphatic hydroxyl groups excluding tert-OH is 1. The van der Waals surface area contributed by atoms with Crippen molar-refractivity contribution in [1.82, 2.24) is 4.98 Å². The Balaban J connectivity index is 0.00000256. The fourth-order valence-corrected chi connectivity index (χ4v) is 1.96. The Bertz CT molecular complexity index is 398. The number of aromatic nitrogens is 1. The van der Waals surface area contributed by atoms with Crippen LogP contribution >= 0.6 is 47.2 Å². The zero-order valence-corrected chi connectivity index (χ0v) is 12.5. The van der Waals surface area contributed by atoms with Crippen LogP contribution in [0.2, 0.25) is 15.2 Å². The fourth-order valence-electron chi connectivity index (χ4n) is 1.23. The molecule has 98 valence electrons. The molecule has 0 fully saturated rings. The standard InChI is InChI=1S/C10H13Cl3N2O.ClH/c1-10(2,4-16)8(14)6-5(11)3-15-9(13)7(6)12;/h3,8,16H,4,14H2,1-2H3;1H/t8-;/m1./s1. The van der Waals surface area contributed by atoms with Crippen LogP contribution in [0.3, 0.4) is 0 Å². The van der Waals surface area contributed by atoms with Gasteiger partial charge in [0.1, 0.15) is 5.15 Å². The molecule has 3 nitrogen and oxygen atoms in total. The van der Waals surface area contributed by atoms with Gasteiger partial charge in [0, 0.05) is 29.8 Å². The van der Waals surface area contributed by atoms with Crippen molar-refractivity contribution >= 4 is 47.2 Å². The van der Waals surface area contributed by atoms with Gasteiger partial charge in [-0.1, -0.05) is 48.7 Å². The average Bonchev–Trinajstić information content (AvgIpc) is 2.24. The summed E-state index contributed by atoms with van der Waals surface area (Å²) in [6, 6.07) is -0.516. The van der Waals surface area contributed by atoms with Gasteiger partial charge in [0.25, 0.3) is 0 Å². The molecule has 0 aromatic carbocycles. The van der Waals surface area contributed by atoms with Crippen LogP contribution in [0.4, 0.5) is 0 Å². The molecule has 0 radical (unpaired) electrons. The molecule has 17 heavy (non-hydrogen) atoms. The monoisotopic (exact) mass is 318 g/mol. The highest BCUT2D eigenvalue weighted by molar-refractivity contribution is 6.43. The maximum atomic E-state index is 9.26. The summed E-state index contributed by atoms with van der Waals surface area (Å²) in [6.07, 6.45) is 1.40. The molecule has 0 bridgehead atoms. The molecule has 0 aliphatic carbocycles. The Morgan fingerprint density at radius 1 is 1.41 bits per heavy atom. The predicted octanol–water partition coefficient (Wildman–Crippen LogP) is 3.48. The number of hydrogen-bond acceptors (Lipinski definition) is 3. The molecule has 0 unspecified atom stereocenters. The molecule has 1 aromatic heterocycles. The second kappa shape index (κ2) is 6.41. The number of hydrogen-bond donors (Lipinski definition) is 2. The first kappa shape index (κ1) is 17.2. The molecule has 0 saturated heterocycles. The van der Waals surface area contributed by atoms with E-state index in [1.165, 1.54) is 6.20 Å². The second-order valence-corrected chi connectivity index (χ2v) is 5.39. The van der Waals surface area contributed by atoms with Gasteiger partial charge in [0.05, 0.1) is 10.0 Å². The van der Waals surface area contributed by atoms with E-state index in [4.69, 9.17) is 40.5 Å². The zero-order valence-electron chi connectivity index (χ0n) is 9.38. The summed E-state index contributed by atoms with van der Waals surface area (Å²) < 4.78 is 0. The van der Waals surface area contributed by atoms with Crippen molar-refractivity contribution in [3.05, 3.63) is 27.0 Å². The molecule has 1 aromatic rings. The third-order valence-corrected chi connectivity index (χ3v) is 3.59. The molecule has 1 atom stereocenters. The van der Waals surface area contributed by atoms with Gasteiger partial charge < -0.3 is 10.8 Å². The van der Waals surface area contributed by atoms with Crippen LogP contribution in [-0.4, -0.2) is 16.7 Å². The van der Waals surface area contributed by atoms with Crippen LogP contribution in [0.5, 0.6) is 0 Å². The molecule has 0 saturated carbocycles. The largest absolute Gasteiger partial charge is 0.396 e. The van der Waals surface area contributed by atoms with Crippen molar-refractivity contribution in [2.45, 2.75) is 19.9 Å². The number of nitrogens with zero attached hydrogens (tertiary/aromatic N) is 1.